The molecule has 0 aliphatic carbocycles. The number of phosphoric acid groups is 1. The minimum absolute atomic E-state index is 0.0418. The zero-order valence-electron chi connectivity index (χ0n) is 34.6. The number of hydrogen-bond donors (Lipinski definition) is 5. The number of rotatable bonds is 36. The maximum atomic E-state index is 12.6. The molecule has 58 heavy (non-hydrogen) atoms. The van der Waals surface area contributed by atoms with E-state index in [0.717, 1.165) is 64.2 Å². The number of carboxylic acid groups (broad SMARTS) is 1. The van der Waals surface area contributed by atoms with Gasteiger partial charge in [0.1, 0.15) is 12.6 Å². The Balaban J connectivity index is 4.73. The first-order valence-corrected chi connectivity index (χ1v) is 22.0. The van der Waals surface area contributed by atoms with E-state index in [9.17, 15) is 34.1 Å². The van der Waals surface area contributed by atoms with Gasteiger partial charge < -0.3 is 35.4 Å². The number of aliphatic carboxylic acids is 1. The van der Waals surface area contributed by atoms with Gasteiger partial charge in [-0.25, -0.2) is 4.57 Å². The molecule has 0 spiro atoms. The summed E-state index contributed by atoms with van der Waals surface area (Å²) < 4.78 is 32.4. The van der Waals surface area contributed by atoms with Crippen molar-refractivity contribution in [2.24, 2.45) is 5.73 Å². The van der Waals surface area contributed by atoms with Gasteiger partial charge in [0.25, 0.3) is 0 Å². The molecule has 0 aromatic rings. The highest BCUT2D eigenvalue weighted by Gasteiger charge is 2.28. The van der Waals surface area contributed by atoms with Crippen molar-refractivity contribution in [2.75, 3.05) is 19.8 Å². The van der Waals surface area contributed by atoms with E-state index in [2.05, 4.69) is 60.9 Å². The van der Waals surface area contributed by atoms with Crippen LogP contribution in [0.15, 0.2) is 97.2 Å². The SMILES string of the molecule is CC/C=C\C/C=C\C/C=C\C/C=C\CCCCC(=O)O[C@H](COC(=O)CCC[C@@H](O)/C=C/C=C\C/C=C\C=C\[C@@H](O)CCCCC)COP(=O)(O)OC[C@H](N)C(=O)O. The molecule has 0 fully saturated rings. The largest absolute Gasteiger partial charge is 0.480 e. The van der Waals surface area contributed by atoms with Gasteiger partial charge in [0.05, 0.1) is 25.4 Å². The van der Waals surface area contributed by atoms with E-state index in [1.807, 2.05) is 30.4 Å². The van der Waals surface area contributed by atoms with Gasteiger partial charge in [-0.05, 0) is 70.6 Å². The van der Waals surface area contributed by atoms with Gasteiger partial charge in [0.15, 0.2) is 6.10 Å². The molecule has 6 N–H and O–H groups in total. The summed E-state index contributed by atoms with van der Waals surface area (Å²) in [5.41, 5.74) is 5.31. The summed E-state index contributed by atoms with van der Waals surface area (Å²) in [6, 6.07) is -1.57. The number of carboxylic acids is 1. The third-order valence-corrected chi connectivity index (χ3v) is 8.97. The van der Waals surface area contributed by atoms with Crippen LogP contribution >= 0.6 is 7.82 Å². The highest BCUT2D eigenvalue weighted by atomic mass is 31.2. The van der Waals surface area contributed by atoms with Gasteiger partial charge in [-0.15, -0.1) is 0 Å². The number of hydrogen-bond acceptors (Lipinski definition) is 11. The number of aliphatic hydroxyl groups is 2. The molecule has 0 aliphatic rings. The van der Waals surface area contributed by atoms with Crippen molar-refractivity contribution in [3.05, 3.63) is 97.2 Å². The van der Waals surface area contributed by atoms with E-state index in [-0.39, 0.29) is 19.3 Å². The van der Waals surface area contributed by atoms with Crippen molar-refractivity contribution < 1.29 is 57.7 Å². The van der Waals surface area contributed by atoms with Crippen LogP contribution in [-0.2, 0) is 37.5 Å². The highest BCUT2D eigenvalue weighted by Crippen LogP contribution is 2.43. The lowest BCUT2D eigenvalue weighted by molar-refractivity contribution is -0.161. The summed E-state index contributed by atoms with van der Waals surface area (Å²) in [5, 5.41) is 29.0. The molecule has 0 saturated carbocycles. The normalized spacial score (nSPS) is 15.8. The van der Waals surface area contributed by atoms with E-state index in [1.165, 1.54) is 0 Å². The van der Waals surface area contributed by atoms with E-state index < -0.39 is 69.9 Å². The fourth-order valence-corrected chi connectivity index (χ4v) is 5.52. The van der Waals surface area contributed by atoms with Crippen molar-refractivity contribution in [3.8, 4) is 0 Å². The molecular formula is C44H70NO12P. The Morgan fingerprint density at radius 3 is 1.76 bits per heavy atom. The maximum Gasteiger partial charge on any atom is 0.472 e. The number of carbonyl (C=O) groups excluding carboxylic acids is 2. The molecule has 0 bridgehead atoms. The second-order valence-electron chi connectivity index (χ2n) is 13.4. The molecule has 0 saturated heterocycles. The van der Waals surface area contributed by atoms with Gasteiger partial charge in [-0.3, -0.25) is 23.4 Å². The third kappa shape index (κ3) is 36.6. The predicted octanol–water partition coefficient (Wildman–Crippen LogP) is 8.44. The number of esters is 2. The molecule has 5 atom stereocenters. The van der Waals surface area contributed by atoms with Crippen molar-refractivity contribution in [1.82, 2.24) is 0 Å². The van der Waals surface area contributed by atoms with Crippen LogP contribution in [-0.4, -0.2) is 82.3 Å². The quantitative estimate of drug-likeness (QED) is 0.0132. The topological polar surface area (TPSA) is 212 Å². The van der Waals surface area contributed by atoms with Crippen LogP contribution in [0.5, 0.6) is 0 Å². The molecular weight excluding hydrogens is 765 g/mol. The summed E-state index contributed by atoms with van der Waals surface area (Å²) >= 11 is 0. The zero-order chi connectivity index (χ0) is 43.1. The van der Waals surface area contributed by atoms with Gasteiger partial charge in [0.2, 0.25) is 0 Å². The van der Waals surface area contributed by atoms with Crippen molar-refractivity contribution >= 4 is 25.7 Å². The van der Waals surface area contributed by atoms with Gasteiger partial charge in [-0.1, -0.05) is 130 Å². The van der Waals surface area contributed by atoms with Crippen molar-refractivity contribution in [3.63, 3.8) is 0 Å². The Kier molecular flexibility index (Phi) is 35.2. The lowest BCUT2D eigenvalue weighted by Gasteiger charge is -2.20. The van der Waals surface area contributed by atoms with Crippen LogP contribution in [0.25, 0.3) is 0 Å². The Bertz CT molecular complexity index is 1380. The Labute approximate surface area is 346 Å². The first kappa shape index (κ1) is 54.3. The smallest absolute Gasteiger partial charge is 0.472 e. The lowest BCUT2D eigenvalue weighted by atomic mass is 10.1. The Morgan fingerprint density at radius 1 is 0.638 bits per heavy atom. The summed E-state index contributed by atoms with van der Waals surface area (Å²) in [6.45, 7) is 2.28. The van der Waals surface area contributed by atoms with Crippen molar-refractivity contribution in [1.29, 1.82) is 0 Å². The molecule has 14 heteroatoms. The van der Waals surface area contributed by atoms with E-state index in [0.29, 0.717) is 19.3 Å². The molecule has 0 aliphatic heterocycles. The summed E-state index contributed by atoms with van der Waals surface area (Å²) in [6.07, 6.45) is 39.8. The summed E-state index contributed by atoms with van der Waals surface area (Å²) in [5.74, 6) is -2.71. The van der Waals surface area contributed by atoms with Gasteiger partial charge in [-0.2, -0.15) is 0 Å². The minimum Gasteiger partial charge on any atom is -0.480 e. The molecule has 0 rings (SSSR count). The molecule has 0 radical (unpaired) electrons. The zero-order valence-corrected chi connectivity index (χ0v) is 35.5. The fraction of sp³-hybridized carbons (Fsp3) is 0.568. The molecule has 0 aromatic heterocycles. The lowest BCUT2D eigenvalue weighted by Crippen LogP contribution is -2.34. The van der Waals surface area contributed by atoms with Crippen LogP contribution < -0.4 is 5.73 Å². The number of allylic oxidation sites excluding steroid dienone is 14. The molecule has 13 nitrogen and oxygen atoms in total. The Hall–Kier alpha value is -3.68. The van der Waals surface area contributed by atoms with Crippen molar-refractivity contribution in [2.45, 2.75) is 141 Å². The van der Waals surface area contributed by atoms with E-state index >= 15 is 0 Å². The number of nitrogens with two attached hydrogens (primary N) is 1. The van der Waals surface area contributed by atoms with Crippen LogP contribution in [0.4, 0.5) is 0 Å². The first-order valence-electron chi connectivity index (χ1n) is 20.5. The number of ether oxygens (including phenoxy) is 2. The van der Waals surface area contributed by atoms with Crippen LogP contribution in [0, 0.1) is 0 Å². The second-order valence-corrected chi connectivity index (χ2v) is 14.9. The molecule has 1 unspecified atom stereocenters. The maximum absolute atomic E-state index is 12.6. The fourth-order valence-electron chi connectivity index (χ4n) is 4.74. The van der Waals surface area contributed by atoms with E-state index in [1.54, 1.807) is 24.3 Å². The predicted molar refractivity (Wildman–Crippen MR) is 229 cm³/mol. The first-order chi connectivity index (χ1) is 27.9. The summed E-state index contributed by atoms with van der Waals surface area (Å²) in [4.78, 5) is 45.9. The standard InChI is InChI=1S/C44H70NO12P/c1-3-5-7-8-9-10-11-12-13-14-15-16-20-23-27-33-43(49)57-40(36-55-58(52,53)56-37-41(45)44(50)51)35-54-42(48)34-28-32-39(47)31-26-22-19-17-18-21-25-30-38(46)29-24-6-4-2/h5,7,9-10,12-13,15-16,18-19,21-22,25-26,30-31,38-41,46-47H,3-4,6,8,11,14,17,20,23-24,27-29,32-37,45H2,1-2H3,(H,50,51)(H,52,53)/b7-5-,10-9-,13-12-,16-15-,21-18-,22-19-,30-25+,31-26+/t38-,39-,40+,41-/m0/s1. The van der Waals surface area contributed by atoms with Crippen LogP contribution in [0.1, 0.15) is 117 Å². The molecule has 0 amide bonds. The third-order valence-electron chi connectivity index (χ3n) is 8.02. The van der Waals surface area contributed by atoms with Crippen LogP contribution in [0.2, 0.25) is 0 Å². The average molecular weight is 836 g/mol. The number of carbonyl (C=O) groups is 3. The minimum atomic E-state index is -4.79. The molecule has 0 heterocycles. The highest BCUT2D eigenvalue weighted by molar-refractivity contribution is 7.47. The molecule has 328 valence electrons. The Morgan fingerprint density at radius 2 is 1.17 bits per heavy atom. The molecule has 0 aromatic carbocycles. The number of phosphoric ester groups is 1. The van der Waals surface area contributed by atoms with Gasteiger partial charge >= 0.3 is 25.7 Å². The number of unbranched alkanes of at least 4 members (excludes halogenated alkanes) is 4. The monoisotopic (exact) mass is 835 g/mol. The van der Waals surface area contributed by atoms with Crippen LogP contribution in [0.3, 0.4) is 0 Å². The second kappa shape index (κ2) is 37.6. The van der Waals surface area contributed by atoms with E-state index in [4.69, 9.17) is 24.8 Å². The van der Waals surface area contributed by atoms with Gasteiger partial charge in [0, 0.05) is 12.8 Å². The average Bonchev–Trinajstić information content (AvgIpc) is 3.18. The summed E-state index contributed by atoms with van der Waals surface area (Å²) in [7, 11) is -4.79. The number of aliphatic hydroxyl groups excluding tert-OH is 2.